The van der Waals surface area contributed by atoms with Gasteiger partial charge < -0.3 is 5.32 Å². The van der Waals surface area contributed by atoms with Gasteiger partial charge in [0, 0.05) is 17.7 Å². The average molecular weight is 285 g/mol. The molecule has 3 nitrogen and oxygen atoms in total. The Morgan fingerprint density at radius 2 is 1.90 bits per heavy atom. The number of fused-ring (bicyclic) bond motifs is 1. The molecule has 1 aliphatic rings. The number of pyridine rings is 1. The van der Waals surface area contributed by atoms with E-state index >= 15 is 0 Å². The topological polar surface area (TPSA) is 29.3 Å². The minimum absolute atomic E-state index is 0.0525. The van der Waals surface area contributed by atoms with E-state index in [0.717, 1.165) is 5.65 Å². The van der Waals surface area contributed by atoms with Crippen LogP contribution in [0.4, 0.5) is 5.82 Å². The molecule has 0 aliphatic heterocycles. The van der Waals surface area contributed by atoms with Crippen LogP contribution in [0.25, 0.3) is 5.65 Å². The van der Waals surface area contributed by atoms with E-state index in [0.29, 0.717) is 6.04 Å². The molecule has 1 aliphatic carbocycles. The van der Waals surface area contributed by atoms with Crippen LogP contribution in [0.1, 0.15) is 64.1 Å². The summed E-state index contributed by atoms with van der Waals surface area (Å²) < 4.78 is 2.22. The van der Waals surface area contributed by atoms with Gasteiger partial charge in [-0.05, 0) is 37.5 Å². The van der Waals surface area contributed by atoms with Gasteiger partial charge in [0.15, 0.2) is 0 Å². The van der Waals surface area contributed by atoms with Gasteiger partial charge in [0.25, 0.3) is 0 Å². The van der Waals surface area contributed by atoms with Crippen LogP contribution in [-0.2, 0) is 5.41 Å². The number of imidazole rings is 1. The molecule has 1 N–H and O–H groups in total. The number of aryl methyl sites for hydroxylation is 1. The lowest BCUT2D eigenvalue weighted by atomic mass is 9.91. The number of rotatable bonds is 2. The van der Waals surface area contributed by atoms with Crippen molar-refractivity contribution in [3.63, 3.8) is 0 Å². The number of nitrogens with one attached hydrogen (secondary N) is 1. The summed E-state index contributed by atoms with van der Waals surface area (Å²) in [5, 5.41) is 3.80. The minimum atomic E-state index is 0.0525. The largest absolute Gasteiger partial charge is 0.367 e. The maximum Gasteiger partial charge on any atom is 0.138 e. The van der Waals surface area contributed by atoms with Crippen molar-refractivity contribution in [2.24, 2.45) is 0 Å². The van der Waals surface area contributed by atoms with E-state index in [9.17, 15) is 0 Å². The van der Waals surface area contributed by atoms with E-state index < -0.39 is 0 Å². The molecule has 2 aromatic heterocycles. The zero-order valence-electron chi connectivity index (χ0n) is 13.7. The third-order valence-corrected chi connectivity index (χ3v) is 4.44. The molecule has 0 aromatic carbocycles. The van der Waals surface area contributed by atoms with Gasteiger partial charge in [-0.15, -0.1) is 0 Å². The van der Waals surface area contributed by atoms with Crippen molar-refractivity contribution in [1.82, 2.24) is 9.38 Å². The van der Waals surface area contributed by atoms with Gasteiger partial charge in [0.2, 0.25) is 0 Å². The minimum Gasteiger partial charge on any atom is -0.367 e. The van der Waals surface area contributed by atoms with Crippen LogP contribution in [0.3, 0.4) is 0 Å². The molecule has 0 spiro atoms. The first-order valence-electron chi connectivity index (χ1n) is 8.21. The Bertz CT molecular complexity index is 628. The number of anilines is 1. The van der Waals surface area contributed by atoms with E-state index in [-0.39, 0.29) is 5.41 Å². The predicted octanol–water partition coefficient (Wildman–Crippen LogP) is 4.68. The van der Waals surface area contributed by atoms with Crippen molar-refractivity contribution >= 4 is 11.5 Å². The van der Waals surface area contributed by atoms with Crippen LogP contribution in [0, 0.1) is 6.92 Å². The van der Waals surface area contributed by atoms with Crippen LogP contribution in [0.2, 0.25) is 0 Å². The van der Waals surface area contributed by atoms with Gasteiger partial charge in [0.1, 0.15) is 11.5 Å². The molecule has 2 heterocycles. The molecule has 3 rings (SSSR count). The van der Waals surface area contributed by atoms with E-state index in [1.54, 1.807) is 0 Å². The molecule has 114 valence electrons. The fourth-order valence-corrected chi connectivity index (χ4v) is 3.25. The van der Waals surface area contributed by atoms with Crippen molar-refractivity contribution in [2.45, 2.75) is 71.3 Å². The van der Waals surface area contributed by atoms with Gasteiger partial charge in [-0.3, -0.25) is 4.40 Å². The maximum atomic E-state index is 4.91. The van der Waals surface area contributed by atoms with Gasteiger partial charge in [-0.2, -0.15) is 0 Å². The highest BCUT2D eigenvalue weighted by Crippen LogP contribution is 2.32. The molecule has 0 saturated heterocycles. The Morgan fingerprint density at radius 3 is 2.57 bits per heavy atom. The first-order chi connectivity index (χ1) is 9.95. The summed E-state index contributed by atoms with van der Waals surface area (Å²) in [6.45, 7) is 8.86. The third kappa shape index (κ3) is 2.92. The normalized spacial score (nSPS) is 17.3. The van der Waals surface area contributed by atoms with Crippen molar-refractivity contribution in [1.29, 1.82) is 0 Å². The molecule has 0 unspecified atom stereocenters. The molecule has 0 bridgehead atoms. The summed E-state index contributed by atoms with van der Waals surface area (Å²) in [4.78, 5) is 4.91. The van der Waals surface area contributed by atoms with Crippen LogP contribution in [-0.4, -0.2) is 15.4 Å². The summed E-state index contributed by atoms with van der Waals surface area (Å²) in [6, 6.07) is 4.93. The van der Waals surface area contributed by atoms with Crippen LogP contribution < -0.4 is 5.32 Å². The van der Waals surface area contributed by atoms with Gasteiger partial charge in [0.05, 0.1) is 5.69 Å². The average Bonchev–Trinajstić information content (AvgIpc) is 2.78. The fourth-order valence-electron chi connectivity index (χ4n) is 3.25. The smallest absolute Gasteiger partial charge is 0.138 e. The Kier molecular flexibility index (Phi) is 3.68. The monoisotopic (exact) mass is 285 g/mol. The Hall–Kier alpha value is -1.51. The van der Waals surface area contributed by atoms with E-state index in [1.165, 1.54) is 49.2 Å². The fraction of sp³-hybridized carbons (Fsp3) is 0.611. The van der Waals surface area contributed by atoms with Crippen molar-refractivity contribution in [2.75, 3.05) is 5.32 Å². The van der Waals surface area contributed by atoms with Gasteiger partial charge in [-0.1, -0.05) is 40.0 Å². The lowest BCUT2D eigenvalue weighted by Gasteiger charge is -2.26. The molecule has 1 fully saturated rings. The Labute approximate surface area is 127 Å². The molecule has 1 saturated carbocycles. The molecule has 0 amide bonds. The summed E-state index contributed by atoms with van der Waals surface area (Å²) in [5.74, 6) is 1.20. The quantitative estimate of drug-likeness (QED) is 0.867. The third-order valence-electron chi connectivity index (χ3n) is 4.44. The zero-order valence-corrected chi connectivity index (χ0v) is 13.7. The van der Waals surface area contributed by atoms with Crippen molar-refractivity contribution in [3.05, 3.63) is 29.6 Å². The predicted molar refractivity (Wildman–Crippen MR) is 89.1 cm³/mol. The Balaban J connectivity index is 2.04. The molecule has 2 aromatic rings. The number of hydrogen-bond donors (Lipinski definition) is 1. The lowest BCUT2D eigenvalue weighted by molar-refractivity contribution is 0.460. The van der Waals surface area contributed by atoms with Crippen LogP contribution in [0.5, 0.6) is 0 Å². The van der Waals surface area contributed by atoms with Crippen LogP contribution >= 0.6 is 0 Å². The second kappa shape index (κ2) is 5.36. The molecule has 0 radical (unpaired) electrons. The van der Waals surface area contributed by atoms with E-state index in [2.05, 4.69) is 55.7 Å². The second-order valence-electron chi connectivity index (χ2n) is 7.47. The highest BCUT2D eigenvalue weighted by Gasteiger charge is 2.26. The second-order valence-corrected chi connectivity index (χ2v) is 7.47. The van der Waals surface area contributed by atoms with Crippen LogP contribution in [0.15, 0.2) is 18.3 Å². The molecular formula is C18H27N3. The zero-order chi connectivity index (χ0) is 15.0. The van der Waals surface area contributed by atoms with E-state index in [1.807, 2.05) is 0 Å². The maximum absolute atomic E-state index is 4.91. The lowest BCUT2D eigenvalue weighted by Crippen LogP contribution is -2.25. The highest BCUT2D eigenvalue weighted by molar-refractivity contribution is 5.58. The van der Waals surface area contributed by atoms with Gasteiger partial charge >= 0.3 is 0 Å². The summed E-state index contributed by atoms with van der Waals surface area (Å²) in [7, 11) is 0. The SMILES string of the molecule is Cc1ccn2c(NC3CCCCC3)c(C(C)(C)C)nc2c1. The molecule has 0 atom stereocenters. The first kappa shape index (κ1) is 14.4. The highest BCUT2D eigenvalue weighted by atomic mass is 15.1. The summed E-state index contributed by atoms with van der Waals surface area (Å²) in [6.07, 6.45) is 8.79. The van der Waals surface area contributed by atoms with Crippen molar-refractivity contribution in [3.8, 4) is 0 Å². The summed E-state index contributed by atoms with van der Waals surface area (Å²) in [5.41, 5.74) is 3.55. The summed E-state index contributed by atoms with van der Waals surface area (Å²) >= 11 is 0. The van der Waals surface area contributed by atoms with Crippen molar-refractivity contribution < 1.29 is 0 Å². The number of nitrogens with zero attached hydrogens (tertiary/aromatic N) is 2. The molecular weight excluding hydrogens is 258 g/mol. The Morgan fingerprint density at radius 1 is 1.19 bits per heavy atom. The number of aromatic nitrogens is 2. The molecule has 3 heteroatoms. The van der Waals surface area contributed by atoms with E-state index in [4.69, 9.17) is 4.98 Å². The molecule has 21 heavy (non-hydrogen) atoms. The van der Waals surface area contributed by atoms with Gasteiger partial charge in [-0.25, -0.2) is 4.98 Å². The standard InChI is InChI=1S/C18H27N3/c1-13-10-11-21-15(12-13)20-16(18(2,3)4)17(21)19-14-8-6-5-7-9-14/h10-12,14,19H,5-9H2,1-4H3. The number of hydrogen-bond acceptors (Lipinski definition) is 2. The first-order valence-corrected chi connectivity index (χ1v) is 8.21.